The Balaban J connectivity index is 1.43. The summed E-state index contributed by atoms with van der Waals surface area (Å²) in [6.07, 6.45) is -2.85. The van der Waals surface area contributed by atoms with Crippen molar-refractivity contribution in [2.75, 3.05) is 27.2 Å². The first-order chi connectivity index (χ1) is 29.0. The van der Waals surface area contributed by atoms with Gasteiger partial charge in [0.05, 0.1) is 59.3 Å². The number of carbonyl (C=O) groups excluding carboxylic acids is 4. The third kappa shape index (κ3) is 9.60. The average molecular weight is 869 g/mol. The van der Waals surface area contributed by atoms with Gasteiger partial charge in [-0.3, -0.25) is 19.2 Å². The van der Waals surface area contributed by atoms with Gasteiger partial charge in [-0.15, -0.1) is 0 Å². The van der Waals surface area contributed by atoms with Gasteiger partial charge in [-0.2, -0.15) is 0 Å². The minimum Gasteiger partial charge on any atom is -0.342 e. The largest absolute Gasteiger partial charge is 0.342 e. The van der Waals surface area contributed by atoms with Crippen molar-refractivity contribution >= 4 is 45.7 Å². The van der Waals surface area contributed by atoms with Gasteiger partial charge < -0.3 is 40.2 Å². The van der Waals surface area contributed by atoms with Crippen LogP contribution in [0.5, 0.6) is 0 Å². The molecule has 2 aliphatic heterocycles. The molecule has 4 aromatic rings. The predicted molar refractivity (Wildman–Crippen MR) is 228 cm³/mol. The zero-order valence-corrected chi connectivity index (χ0v) is 37.2. The van der Waals surface area contributed by atoms with E-state index in [0.29, 0.717) is 11.0 Å². The van der Waals surface area contributed by atoms with E-state index < -0.39 is 94.7 Å². The smallest absolute Gasteiger partial charge is 0.246 e. The lowest BCUT2D eigenvalue weighted by Gasteiger charge is -2.36. The maximum Gasteiger partial charge on any atom is 0.246 e. The van der Waals surface area contributed by atoms with Gasteiger partial charge in [0.1, 0.15) is 36.1 Å². The molecular formula is C44H60F4N10O4. The Morgan fingerprint density at radius 3 is 1.34 bits per heavy atom. The standard InChI is InChI=1S/C44H60F4N10O4/c1-23(49-9)39(59)53-35(43(3,4)5)41(61)55-19-27(47)15-29(55)21-57-33-13-11-25(45)17-31(33)51-37(57)38-52-32-18-26(46)12-14-34(32)58(38)22-30-16-28(48)20-56(30)42(62)36(44(6,7)8)54-40(60)24(2)50-10/h11-14,17-18,23-24,27-30,35-36,49-50H,15-16,19-22H2,1-10H3,(H,53,59)(H,54,60)/t23-,24-,27?,28?,29+,30+,35+,36+/m1/s1. The van der Waals surface area contributed by atoms with Crippen LogP contribution in [-0.4, -0.2) is 128 Å². The summed E-state index contributed by atoms with van der Waals surface area (Å²) >= 11 is 0. The van der Waals surface area contributed by atoms with E-state index in [1.807, 2.05) is 41.5 Å². The summed E-state index contributed by atoms with van der Waals surface area (Å²) in [5, 5.41) is 11.5. The van der Waals surface area contributed by atoms with Crippen LogP contribution in [0, 0.1) is 22.5 Å². The number of likely N-dealkylation sites (N-methyl/N-ethyl adjacent to an activating group) is 2. The van der Waals surface area contributed by atoms with Crippen LogP contribution < -0.4 is 21.3 Å². The molecule has 0 aliphatic carbocycles. The number of rotatable bonds is 13. The highest BCUT2D eigenvalue weighted by atomic mass is 19.1. The van der Waals surface area contributed by atoms with E-state index in [-0.39, 0.29) is 61.7 Å². The van der Waals surface area contributed by atoms with E-state index in [4.69, 9.17) is 9.97 Å². The molecule has 2 aromatic heterocycles. The molecule has 4 heterocycles. The Morgan fingerprint density at radius 2 is 1.02 bits per heavy atom. The van der Waals surface area contributed by atoms with E-state index in [9.17, 15) is 28.0 Å². The molecule has 2 aromatic carbocycles. The maximum atomic E-state index is 15.6. The van der Waals surface area contributed by atoms with Crippen molar-refractivity contribution in [2.24, 2.45) is 10.8 Å². The Bertz CT molecular complexity index is 2160. The third-order valence-electron chi connectivity index (χ3n) is 12.2. The number of hydrogen-bond donors (Lipinski definition) is 4. The highest BCUT2D eigenvalue weighted by molar-refractivity contribution is 5.92. The second kappa shape index (κ2) is 17.9. The van der Waals surface area contributed by atoms with Gasteiger partial charge in [0, 0.05) is 38.1 Å². The van der Waals surface area contributed by atoms with Gasteiger partial charge in [0.25, 0.3) is 0 Å². The van der Waals surface area contributed by atoms with E-state index in [1.165, 1.54) is 46.2 Å². The lowest BCUT2D eigenvalue weighted by Crippen LogP contribution is -2.58. The average Bonchev–Trinajstić information content (AvgIpc) is 3.96. The monoisotopic (exact) mass is 868 g/mol. The summed E-state index contributed by atoms with van der Waals surface area (Å²) in [5.74, 6) is -2.46. The number of aromatic nitrogens is 4. The van der Waals surface area contributed by atoms with Crippen LogP contribution >= 0.6 is 0 Å². The van der Waals surface area contributed by atoms with Crippen LogP contribution in [0.1, 0.15) is 68.2 Å². The second-order valence-corrected chi connectivity index (χ2v) is 18.9. The molecule has 8 atom stereocenters. The zero-order chi connectivity index (χ0) is 45.6. The van der Waals surface area contributed by atoms with Gasteiger partial charge in [-0.1, -0.05) is 41.5 Å². The number of benzene rings is 2. The highest BCUT2D eigenvalue weighted by Crippen LogP contribution is 2.35. The molecule has 0 saturated carbocycles. The van der Waals surface area contributed by atoms with Crippen molar-refractivity contribution in [3.05, 3.63) is 48.0 Å². The minimum atomic E-state index is -1.39. The Kier molecular flexibility index (Phi) is 13.4. The molecular weight excluding hydrogens is 809 g/mol. The number of fused-ring (bicyclic) bond motifs is 2. The fourth-order valence-electron chi connectivity index (χ4n) is 8.37. The minimum absolute atomic E-state index is 0.0164. The van der Waals surface area contributed by atoms with Gasteiger partial charge in [-0.05, 0) is 63.0 Å². The van der Waals surface area contributed by atoms with Crippen molar-refractivity contribution < 1.29 is 36.7 Å². The van der Waals surface area contributed by atoms with E-state index in [0.717, 1.165) is 0 Å². The molecule has 0 spiro atoms. The lowest BCUT2D eigenvalue weighted by molar-refractivity contribution is -0.141. The Labute approximate surface area is 359 Å². The number of halogens is 4. The first-order valence-corrected chi connectivity index (χ1v) is 21.2. The van der Waals surface area contributed by atoms with E-state index in [1.54, 1.807) is 37.1 Å². The summed E-state index contributed by atoms with van der Waals surface area (Å²) < 4.78 is 64.3. The highest BCUT2D eigenvalue weighted by Gasteiger charge is 2.45. The van der Waals surface area contributed by atoms with Gasteiger partial charge >= 0.3 is 0 Å². The lowest BCUT2D eigenvalue weighted by atomic mass is 9.85. The normalized spacial score (nSPS) is 21.6. The summed E-state index contributed by atoms with van der Waals surface area (Å²) in [4.78, 5) is 67.5. The topological polar surface area (TPSA) is 159 Å². The summed E-state index contributed by atoms with van der Waals surface area (Å²) in [7, 11) is 3.26. The number of likely N-dealkylation sites (tertiary alicyclic amines) is 2. The first kappa shape index (κ1) is 46.4. The van der Waals surface area contributed by atoms with Gasteiger partial charge in [0.15, 0.2) is 11.6 Å². The SMILES string of the molecule is CN[C@H](C)C(=O)N[C@@H](C(=O)N1CC(F)C[C@H]1Cn1c(-c2nc3cc(F)ccc3n2C[C@@H]2CC(F)CN2C(=O)[C@H](NC(=O)[C@@H](C)NC)C(C)(C)C)nc2cc(F)ccc21)C(C)(C)C. The molecule has 2 saturated heterocycles. The van der Waals surface area contributed by atoms with Crippen LogP contribution in [0.25, 0.3) is 33.7 Å². The van der Waals surface area contributed by atoms with Crippen molar-refractivity contribution in [2.45, 2.75) is 130 Å². The van der Waals surface area contributed by atoms with Crippen molar-refractivity contribution in [1.82, 2.24) is 50.2 Å². The molecule has 0 bridgehead atoms. The predicted octanol–water partition coefficient (Wildman–Crippen LogP) is 4.49. The molecule has 338 valence electrons. The van der Waals surface area contributed by atoms with E-state index in [2.05, 4.69) is 21.3 Å². The molecule has 4 amide bonds. The summed E-state index contributed by atoms with van der Waals surface area (Å²) in [6.45, 7) is 13.7. The summed E-state index contributed by atoms with van der Waals surface area (Å²) in [5.41, 5.74) is -0.127. The second-order valence-electron chi connectivity index (χ2n) is 18.9. The van der Waals surface area contributed by atoms with Crippen molar-refractivity contribution in [1.29, 1.82) is 0 Å². The zero-order valence-electron chi connectivity index (χ0n) is 37.2. The number of alkyl halides is 2. The van der Waals surface area contributed by atoms with Crippen LogP contribution in [0.3, 0.4) is 0 Å². The molecule has 62 heavy (non-hydrogen) atoms. The van der Waals surface area contributed by atoms with E-state index >= 15 is 8.78 Å². The van der Waals surface area contributed by atoms with Crippen LogP contribution in [0.4, 0.5) is 17.6 Å². The van der Waals surface area contributed by atoms with Crippen LogP contribution in [-0.2, 0) is 32.3 Å². The van der Waals surface area contributed by atoms with Gasteiger partial charge in [0.2, 0.25) is 23.6 Å². The molecule has 2 fully saturated rings. The Hall–Kier alpha value is -5.10. The Morgan fingerprint density at radius 1 is 0.661 bits per heavy atom. The molecule has 2 unspecified atom stereocenters. The number of hydrogen-bond acceptors (Lipinski definition) is 8. The molecule has 0 radical (unpaired) electrons. The molecule has 14 nitrogen and oxygen atoms in total. The number of nitrogens with one attached hydrogen (secondary N) is 4. The van der Waals surface area contributed by atoms with Crippen LogP contribution in [0.15, 0.2) is 36.4 Å². The number of amides is 4. The number of nitrogens with zero attached hydrogens (tertiary/aromatic N) is 6. The first-order valence-electron chi connectivity index (χ1n) is 21.2. The number of carbonyl (C=O) groups is 4. The summed E-state index contributed by atoms with van der Waals surface area (Å²) in [6, 6.07) is 3.38. The molecule has 6 rings (SSSR count). The molecule has 18 heteroatoms. The third-order valence-corrected chi connectivity index (χ3v) is 12.2. The number of imidazole rings is 2. The fraction of sp³-hybridized carbons (Fsp3) is 0.591. The maximum absolute atomic E-state index is 15.6. The quantitative estimate of drug-likeness (QED) is 0.143. The van der Waals surface area contributed by atoms with Crippen molar-refractivity contribution in [3.8, 4) is 11.6 Å². The van der Waals surface area contributed by atoms with Crippen LogP contribution in [0.2, 0.25) is 0 Å². The van der Waals surface area contributed by atoms with Gasteiger partial charge in [-0.25, -0.2) is 27.5 Å². The molecule has 2 aliphatic rings. The molecule has 4 N–H and O–H groups in total. The van der Waals surface area contributed by atoms with Crippen molar-refractivity contribution in [3.63, 3.8) is 0 Å². The fourth-order valence-corrected chi connectivity index (χ4v) is 8.37.